The first-order chi connectivity index (χ1) is 15.2. The number of nitrogens with one attached hydrogen (secondary N) is 1. The van der Waals surface area contributed by atoms with Crippen molar-refractivity contribution in [3.8, 4) is 0 Å². The minimum Gasteiger partial charge on any atom is -0.394 e. The van der Waals surface area contributed by atoms with Crippen molar-refractivity contribution in [2.75, 3.05) is 6.61 Å². The zero-order valence-corrected chi connectivity index (χ0v) is 19.4. The highest BCUT2D eigenvalue weighted by molar-refractivity contribution is 5.83. The van der Waals surface area contributed by atoms with Gasteiger partial charge >= 0.3 is 0 Å². The Morgan fingerprint density at radius 1 is 1.38 bits per heavy atom. The third-order valence-corrected chi connectivity index (χ3v) is 8.49. The Morgan fingerprint density at radius 3 is 2.72 bits per heavy atom. The molecule has 3 N–H and O–H groups in total. The van der Waals surface area contributed by atoms with Crippen molar-refractivity contribution in [1.82, 2.24) is 10.4 Å². The minimum atomic E-state index is -0.828. The van der Waals surface area contributed by atoms with Crippen LogP contribution >= 0.6 is 0 Å². The number of rotatable bonds is 7. The summed E-state index contributed by atoms with van der Waals surface area (Å²) in [5.41, 5.74) is 1.70. The van der Waals surface area contributed by atoms with Gasteiger partial charge in [-0.1, -0.05) is 39.0 Å². The van der Waals surface area contributed by atoms with Gasteiger partial charge in [0.15, 0.2) is 0 Å². The highest BCUT2D eigenvalue weighted by atomic mass is 16.7. The summed E-state index contributed by atoms with van der Waals surface area (Å²) in [4.78, 5) is 30.7. The second-order valence-electron chi connectivity index (χ2n) is 10.6. The van der Waals surface area contributed by atoms with E-state index in [2.05, 4.69) is 26.1 Å². The van der Waals surface area contributed by atoms with Crippen LogP contribution < -0.4 is 5.32 Å². The van der Waals surface area contributed by atoms with Crippen molar-refractivity contribution in [3.05, 3.63) is 35.4 Å². The Labute approximate surface area is 190 Å². The lowest BCUT2D eigenvalue weighted by Crippen LogP contribution is -2.62. The maximum Gasteiger partial charge on any atom is 0.240 e. The molecule has 1 aliphatic heterocycles. The Morgan fingerprint density at radius 2 is 2.12 bits per heavy atom. The number of hydrogen-bond acceptors (Lipinski definition) is 6. The van der Waals surface area contributed by atoms with E-state index in [0.717, 1.165) is 18.3 Å². The van der Waals surface area contributed by atoms with Crippen LogP contribution in [0.1, 0.15) is 56.5 Å². The van der Waals surface area contributed by atoms with E-state index in [9.17, 15) is 19.8 Å². The highest BCUT2D eigenvalue weighted by Gasteiger charge is 2.57. The summed E-state index contributed by atoms with van der Waals surface area (Å²) in [5.74, 6) is 0.881. The number of nitrogens with zero attached hydrogens (tertiary/aromatic N) is 1. The summed E-state index contributed by atoms with van der Waals surface area (Å²) in [7, 11) is 0. The molecule has 5 rings (SSSR count). The second kappa shape index (κ2) is 8.86. The van der Waals surface area contributed by atoms with Crippen LogP contribution in [0.3, 0.4) is 0 Å². The molecule has 7 nitrogen and oxygen atoms in total. The zero-order chi connectivity index (χ0) is 23.2. The van der Waals surface area contributed by atoms with Crippen LogP contribution in [-0.2, 0) is 16.2 Å². The third kappa shape index (κ3) is 4.00. The fraction of sp³-hybridized carbons (Fsp3) is 0.680. The van der Waals surface area contributed by atoms with Crippen LogP contribution in [0.15, 0.2) is 24.3 Å². The first kappa shape index (κ1) is 23.4. The van der Waals surface area contributed by atoms with Crippen molar-refractivity contribution in [2.45, 2.75) is 71.4 Å². The molecule has 0 radical (unpaired) electrons. The minimum absolute atomic E-state index is 0.0994. The first-order valence-corrected chi connectivity index (χ1v) is 11.7. The predicted molar refractivity (Wildman–Crippen MR) is 119 cm³/mol. The molecule has 1 aromatic rings. The van der Waals surface area contributed by atoms with E-state index in [1.807, 2.05) is 6.07 Å². The van der Waals surface area contributed by atoms with Gasteiger partial charge in [-0.3, -0.25) is 14.4 Å². The van der Waals surface area contributed by atoms with Crippen LogP contribution in [0.4, 0.5) is 0 Å². The normalized spacial score (nSPS) is 36.9. The molecule has 1 amide bonds. The number of benzene rings is 1. The molecular formula is C25H36N2O5. The SMILES string of the molecule is CC1[C@@H](NC(=O)[C@@H]2[C@H]([C@H](C)O)[C@H](CO)ON2Cc2cccc(C=O)c2)C[C@H]2C[C@@H]1C2(C)C. The number of aliphatic hydroxyl groups is 2. The van der Waals surface area contributed by atoms with Gasteiger partial charge in [0.25, 0.3) is 0 Å². The Balaban J connectivity index is 1.54. The number of carbonyl (C=O) groups is 2. The van der Waals surface area contributed by atoms with E-state index in [0.29, 0.717) is 28.7 Å². The summed E-state index contributed by atoms with van der Waals surface area (Å²) in [6.07, 6.45) is 1.48. The van der Waals surface area contributed by atoms with Gasteiger partial charge in [-0.15, -0.1) is 0 Å². The lowest BCUT2D eigenvalue weighted by atomic mass is 9.45. The molecule has 8 atom stereocenters. The van der Waals surface area contributed by atoms with Crippen LogP contribution in [-0.4, -0.2) is 58.4 Å². The Kier molecular flexibility index (Phi) is 6.47. The third-order valence-electron chi connectivity index (χ3n) is 8.49. The lowest BCUT2D eigenvalue weighted by molar-refractivity contribution is -0.183. The topological polar surface area (TPSA) is 99.1 Å². The summed E-state index contributed by atoms with van der Waals surface area (Å²) >= 11 is 0. The predicted octanol–water partition coefficient (Wildman–Crippen LogP) is 2.16. The second-order valence-corrected chi connectivity index (χ2v) is 10.6. The quantitative estimate of drug-likeness (QED) is 0.558. The number of aldehydes is 1. The van der Waals surface area contributed by atoms with Crippen molar-refractivity contribution in [2.24, 2.45) is 29.1 Å². The molecule has 7 heteroatoms. The van der Waals surface area contributed by atoms with Gasteiger partial charge in [0.1, 0.15) is 18.4 Å². The molecule has 2 bridgehead atoms. The van der Waals surface area contributed by atoms with Gasteiger partial charge in [-0.05, 0) is 54.6 Å². The molecule has 4 aliphatic rings. The van der Waals surface area contributed by atoms with E-state index in [1.54, 1.807) is 30.2 Å². The Hall–Kier alpha value is -1.80. The molecule has 1 aromatic carbocycles. The number of fused-ring (bicyclic) bond motifs is 2. The van der Waals surface area contributed by atoms with Gasteiger partial charge < -0.3 is 15.5 Å². The van der Waals surface area contributed by atoms with Crippen LogP contribution in [0.2, 0.25) is 0 Å². The monoisotopic (exact) mass is 444 g/mol. The van der Waals surface area contributed by atoms with Crippen LogP contribution in [0.5, 0.6) is 0 Å². The fourth-order valence-corrected chi connectivity index (χ4v) is 6.43. The maximum absolute atomic E-state index is 13.6. The van der Waals surface area contributed by atoms with Crippen molar-refractivity contribution < 1.29 is 24.6 Å². The lowest BCUT2D eigenvalue weighted by Gasteiger charge is -2.62. The standard InChI is InChI=1S/C25H36N2O5/c1-14-19-9-18(25(19,3)4)10-20(14)26-24(31)23-22(15(2)30)21(13-29)32-27(23)11-16-6-5-7-17(8-16)12-28/h5-8,12,14-15,18-23,29-30H,9-11,13H2,1-4H3,(H,26,31)/t14?,15-,18+,19-,20-,21-,22+,23-/m0/s1. The summed E-state index contributed by atoms with van der Waals surface area (Å²) in [6, 6.07) is 6.50. The van der Waals surface area contributed by atoms with Crippen LogP contribution in [0.25, 0.3) is 0 Å². The molecule has 1 saturated heterocycles. The van der Waals surface area contributed by atoms with Crippen LogP contribution in [0, 0.1) is 29.1 Å². The van der Waals surface area contributed by atoms with E-state index in [-0.39, 0.29) is 25.1 Å². The number of hydrogen-bond donors (Lipinski definition) is 3. The summed E-state index contributed by atoms with van der Waals surface area (Å²) < 4.78 is 0. The Bertz CT molecular complexity index is 856. The zero-order valence-electron chi connectivity index (χ0n) is 19.4. The van der Waals surface area contributed by atoms with Gasteiger partial charge in [-0.25, -0.2) is 0 Å². The molecule has 1 unspecified atom stereocenters. The molecule has 0 aromatic heterocycles. The summed E-state index contributed by atoms with van der Waals surface area (Å²) in [6.45, 7) is 8.50. The highest BCUT2D eigenvalue weighted by Crippen LogP contribution is 2.61. The molecule has 176 valence electrons. The smallest absolute Gasteiger partial charge is 0.240 e. The molecule has 4 fully saturated rings. The largest absolute Gasteiger partial charge is 0.394 e. The number of hydroxylamine groups is 2. The number of amides is 1. The fourth-order valence-electron chi connectivity index (χ4n) is 6.43. The molecule has 3 aliphatic carbocycles. The van der Waals surface area contributed by atoms with Crippen molar-refractivity contribution in [3.63, 3.8) is 0 Å². The van der Waals surface area contributed by atoms with Gasteiger partial charge in [-0.2, -0.15) is 5.06 Å². The average molecular weight is 445 g/mol. The van der Waals surface area contributed by atoms with E-state index >= 15 is 0 Å². The molecular weight excluding hydrogens is 408 g/mol. The molecule has 0 spiro atoms. The number of aliphatic hydroxyl groups excluding tert-OH is 2. The van der Waals surface area contributed by atoms with Crippen molar-refractivity contribution in [1.29, 1.82) is 0 Å². The number of carbonyl (C=O) groups excluding carboxylic acids is 2. The van der Waals surface area contributed by atoms with Gasteiger partial charge in [0.05, 0.1) is 19.3 Å². The van der Waals surface area contributed by atoms with E-state index in [1.165, 1.54) is 6.42 Å². The molecule has 1 heterocycles. The van der Waals surface area contributed by atoms with E-state index < -0.39 is 24.2 Å². The van der Waals surface area contributed by atoms with E-state index in [4.69, 9.17) is 4.84 Å². The molecule has 3 saturated carbocycles. The average Bonchev–Trinajstić information content (AvgIpc) is 3.13. The summed E-state index contributed by atoms with van der Waals surface area (Å²) in [5, 5.41) is 25.2. The molecule has 32 heavy (non-hydrogen) atoms. The van der Waals surface area contributed by atoms with Gasteiger partial charge in [0.2, 0.25) is 5.91 Å². The van der Waals surface area contributed by atoms with Gasteiger partial charge in [0, 0.05) is 17.5 Å². The van der Waals surface area contributed by atoms with Crippen molar-refractivity contribution >= 4 is 12.2 Å². The maximum atomic E-state index is 13.6. The first-order valence-electron chi connectivity index (χ1n) is 11.7.